The van der Waals surface area contributed by atoms with E-state index in [1.54, 1.807) is 0 Å². The molecule has 0 heterocycles. The summed E-state index contributed by atoms with van der Waals surface area (Å²) in [6.07, 6.45) is 0. The average Bonchev–Trinajstić information content (AvgIpc) is 2.32. The van der Waals surface area contributed by atoms with Gasteiger partial charge in [-0.05, 0) is 24.6 Å². The van der Waals surface area contributed by atoms with Crippen LogP contribution in [0.1, 0.15) is 5.56 Å². The lowest BCUT2D eigenvalue weighted by atomic mass is 10.2. The van der Waals surface area contributed by atoms with Crippen molar-refractivity contribution in [1.29, 1.82) is 0 Å². The van der Waals surface area contributed by atoms with Crippen LogP contribution in [0.4, 0.5) is 0 Å². The van der Waals surface area contributed by atoms with Crippen molar-refractivity contribution in [2.45, 2.75) is 21.6 Å². The minimum absolute atomic E-state index is 0.236. The van der Waals surface area contributed by atoms with Crippen molar-refractivity contribution < 1.29 is 47.3 Å². The normalized spacial score (nSPS) is 13.8. The Bertz CT molecular complexity index is 1080. The van der Waals surface area contributed by atoms with Crippen molar-refractivity contribution in [3.05, 3.63) is 17.7 Å². The van der Waals surface area contributed by atoms with E-state index in [9.17, 15) is 33.7 Å². The Morgan fingerprint density at radius 2 is 1.17 bits per heavy atom. The molecule has 0 radical (unpaired) electrons. The van der Waals surface area contributed by atoms with Crippen LogP contribution in [-0.2, 0) is 40.2 Å². The van der Waals surface area contributed by atoms with E-state index in [-0.39, 0.29) is 11.6 Å². The molecule has 0 saturated carbocycles. The van der Waals surface area contributed by atoms with Gasteiger partial charge < -0.3 is 0 Å². The summed E-state index contributed by atoms with van der Waals surface area (Å²) in [7, 11) is -19.5. The first-order valence-corrected chi connectivity index (χ1v) is 11.9. The molecule has 0 unspecified atom stereocenters. The Labute approximate surface area is 138 Å². The highest BCUT2D eigenvalue weighted by Crippen LogP contribution is 2.28. The predicted molar refractivity (Wildman–Crippen MR) is 79.3 cm³/mol. The number of aryl methyl sites for hydroxylation is 1. The second-order valence-electron chi connectivity index (χ2n) is 4.62. The van der Waals surface area contributed by atoms with Gasteiger partial charge >= 0.3 is 0 Å². The SMILES string of the molecule is Cc1cc(S(=O)(=O)CCS(=O)(=O)O)c(S(=O)(=O)O)cc1S(=O)(=O)O. The first-order valence-electron chi connectivity index (χ1n) is 5.73. The van der Waals surface area contributed by atoms with Gasteiger partial charge in [-0.1, -0.05) is 0 Å². The van der Waals surface area contributed by atoms with Gasteiger partial charge in [-0.3, -0.25) is 13.7 Å². The number of hydrogen-bond acceptors (Lipinski definition) is 8. The first kappa shape index (κ1) is 20.9. The lowest BCUT2D eigenvalue weighted by molar-refractivity contribution is 0.477. The summed E-state index contributed by atoms with van der Waals surface area (Å²) in [5.41, 5.74) is -0.365. The number of benzene rings is 1. The molecule has 24 heavy (non-hydrogen) atoms. The van der Waals surface area contributed by atoms with Crippen LogP contribution in [0.3, 0.4) is 0 Å². The van der Waals surface area contributed by atoms with Gasteiger partial charge in [0.05, 0.1) is 21.3 Å². The molecule has 15 heteroatoms. The molecule has 138 valence electrons. The van der Waals surface area contributed by atoms with E-state index in [1.165, 1.54) is 0 Å². The third-order valence-electron chi connectivity index (χ3n) is 2.74. The second-order valence-corrected chi connectivity index (χ2v) is 11.0. The Hall–Kier alpha value is -1.10. The van der Waals surface area contributed by atoms with Crippen molar-refractivity contribution in [2.24, 2.45) is 0 Å². The Balaban J connectivity index is 3.74. The maximum atomic E-state index is 12.1. The largest absolute Gasteiger partial charge is 0.295 e. The highest BCUT2D eigenvalue weighted by atomic mass is 32.2. The quantitative estimate of drug-likeness (QED) is 0.481. The molecular formula is C9H12O11S4. The summed E-state index contributed by atoms with van der Waals surface area (Å²) in [4.78, 5) is -3.38. The molecule has 1 rings (SSSR count). The van der Waals surface area contributed by atoms with Crippen molar-refractivity contribution in [2.75, 3.05) is 11.5 Å². The zero-order chi connectivity index (χ0) is 19.1. The molecule has 11 nitrogen and oxygen atoms in total. The monoisotopic (exact) mass is 424 g/mol. The average molecular weight is 424 g/mol. The minimum Gasteiger partial charge on any atom is -0.286 e. The lowest BCUT2D eigenvalue weighted by Crippen LogP contribution is -2.19. The standard InChI is InChI=1S/C9H12O11S4/c1-6-4-8(21(10,11)2-3-22(12,13)14)9(24(18,19)20)5-7(6)23(15,16)17/h4-5H,2-3H2,1H3,(H,12,13,14)(H,15,16,17)(H,18,19,20). The first-order chi connectivity index (χ1) is 10.5. The molecule has 0 aliphatic heterocycles. The molecule has 0 amide bonds. The van der Waals surface area contributed by atoms with Gasteiger partial charge in [0, 0.05) is 0 Å². The molecule has 0 aliphatic rings. The molecule has 0 fully saturated rings. The van der Waals surface area contributed by atoms with Crippen LogP contribution in [0, 0.1) is 6.92 Å². The van der Waals surface area contributed by atoms with E-state index >= 15 is 0 Å². The van der Waals surface area contributed by atoms with Crippen LogP contribution in [0.2, 0.25) is 0 Å². The third-order valence-corrected chi connectivity index (χ3v) is 7.49. The van der Waals surface area contributed by atoms with E-state index in [4.69, 9.17) is 13.7 Å². The van der Waals surface area contributed by atoms with Crippen LogP contribution in [0.25, 0.3) is 0 Å². The molecule has 0 aromatic heterocycles. The van der Waals surface area contributed by atoms with Crippen LogP contribution in [0.5, 0.6) is 0 Å². The molecular weight excluding hydrogens is 412 g/mol. The van der Waals surface area contributed by atoms with E-state index < -0.39 is 66.4 Å². The smallest absolute Gasteiger partial charge is 0.286 e. The maximum absolute atomic E-state index is 12.1. The van der Waals surface area contributed by atoms with Crippen molar-refractivity contribution in [3.8, 4) is 0 Å². The van der Waals surface area contributed by atoms with Gasteiger partial charge in [-0.2, -0.15) is 25.3 Å². The summed E-state index contributed by atoms with van der Waals surface area (Å²) >= 11 is 0. The zero-order valence-corrected chi connectivity index (χ0v) is 15.1. The van der Waals surface area contributed by atoms with E-state index in [1.807, 2.05) is 0 Å². The fourth-order valence-corrected chi connectivity index (χ4v) is 6.44. The zero-order valence-electron chi connectivity index (χ0n) is 11.8. The Morgan fingerprint density at radius 1 is 0.708 bits per heavy atom. The highest BCUT2D eigenvalue weighted by molar-refractivity contribution is 7.94. The molecule has 0 bridgehead atoms. The summed E-state index contributed by atoms with van der Waals surface area (Å²) in [5.74, 6) is -2.47. The molecule has 0 saturated heterocycles. The van der Waals surface area contributed by atoms with Gasteiger partial charge in [0.1, 0.15) is 4.90 Å². The van der Waals surface area contributed by atoms with Crippen molar-refractivity contribution >= 4 is 40.2 Å². The molecule has 0 aliphatic carbocycles. The van der Waals surface area contributed by atoms with Crippen LogP contribution >= 0.6 is 0 Å². The minimum atomic E-state index is -5.24. The summed E-state index contributed by atoms with van der Waals surface area (Å²) in [6.45, 7) is 1.04. The maximum Gasteiger partial charge on any atom is 0.295 e. The van der Waals surface area contributed by atoms with Gasteiger partial charge in [0.15, 0.2) is 9.84 Å². The number of rotatable bonds is 6. The number of hydrogen-bond donors (Lipinski definition) is 3. The van der Waals surface area contributed by atoms with Crippen LogP contribution in [0.15, 0.2) is 26.8 Å². The van der Waals surface area contributed by atoms with Gasteiger partial charge in [0.2, 0.25) is 0 Å². The second kappa shape index (κ2) is 6.32. The summed E-state index contributed by atoms with van der Waals surface area (Å²) in [6, 6.07) is 0.784. The highest BCUT2D eigenvalue weighted by Gasteiger charge is 2.30. The Morgan fingerprint density at radius 3 is 1.54 bits per heavy atom. The molecule has 3 N–H and O–H groups in total. The van der Waals surface area contributed by atoms with Crippen LogP contribution in [-0.4, -0.2) is 58.8 Å². The van der Waals surface area contributed by atoms with Gasteiger partial charge in [0.25, 0.3) is 30.4 Å². The molecule has 0 spiro atoms. The number of sulfone groups is 1. The lowest BCUT2D eigenvalue weighted by Gasteiger charge is -2.12. The summed E-state index contributed by atoms with van der Waals surface area (Å²) in [5, 5.41) is 0. The molecule has 1 aromatic rings. The third kappa shape index (κ3) is 5.20. The fraction of sp³-hybridized carbons (Fsp3) is 0.333. The predicted octanol–water partition coefficient (Wildman–Crippen LogP) is -0.850. The van der Waals surface area contributed by atoms with Crippen molar-refractivity contribution in [1.82, 2.24) is 0 Å². The topological polar surface area (TPSA) is 197 Å². The van der Waals surface area contributed by atoms with Crippen molar-refractivity contribution in [3.63, 3.8) is 0 Å². The Kier molecular flexibility index (Phi) is 5.52. The van der Waals surface area contributed by atoms with Gasteiger partial charge in [-0.15, -0.1) is 0 Å². The van der Waals surface area contributed by atoms with Crippen LogP contribution < -0.4 is 0 Å². The fourth-order valence-electron chi connectivity index (χ4n) is 1.69. The van der Waals surface area contributed by atoms with E-state index in [0.717, 1.165) is 6.92 Å². The summed E-state index contributed by atoms with van der Waals surface area (Å²) < 4.78 is 117. The molecule has 1 aromatic carbocycles. The van der Waals surface area contributed by atoms with E-state index in [2.05, 4.69) is 0 Å². The molecule has 0 atom stereocenters. The van der Waals surface area contributed by atoms with E-state index in [0.29, 0.717) is 6.07 Å². The van der Waals surface area contributed by atoms with Gasteiger partial charge in [-0.25, -0.2) is 8.42 Å².